The summed E-state index contributed by atoms with van der Waals surface area (Å²) >= 11 is 0. The van der Waals surface area contributed by atoms with Crippen molar-refractivity contribution in [2.75, 3.05) is 13.2 Å². The highest BCUT2D eigenvalue weighted by atomic mass is 16.7. The van der Waals surface area contributed by atoms with Crippen LogP contribution in [0.15, 0.2) is 30.3 Å². The molecule has 132 valence electrons. The van der Waals surface area contributed by atoms with Gasteiger partial charge in [-0.15, -0.1) is 0 Å². The van der Waals surface area contributed by atoms with Gasteiger partial charge in [0.1, 0.15) is 11.6 Å². The molecular formula is C18H26N2O4. The second kappa shape index (κ2) is 8.15. The molecule has 24 heavy (non-hydrogen) atoms. The third-order valence-corrected chi connectivity index (χ3v) is 3.52. The van der Waals surface area contributed by atoms with Gasteiger partial charge < -0.3 is 10.1 Å². The SMILES string of the molecule is CC(C)(C)OC(=O)NC(Cc1ccccc1)C(=O)N1CCCCO1. The first kappa shape index (κ1) is 18.3. The summed E-state index contributed by atoms with van der Waals surface area (Å²) in [7, 11) is 0. The molecule has 1 N–H and O–H groups in total. The number of benzene rings is 1. The van der Waals surface area contributed by atoms with E-state index in [2.05, 4.69) is 5.32 Å². The maximum Gasteiger partial charge on any atom is 0.408 e. The van der Waals surface area contributed by atoms with E-state index in [9.17, 15) is 9.59 Å². The summed E-state index contributed by atoms with van der Waals surface area (Å²) in [6.07, 6.45) is 1.62. The number of amides is 2. The molecule has 1 aromatic carbocycles. The van der Waals surface area contributed by atoms with Gasteiger partial charge in [-0.05, 0) is 39.2 Å². The minimum atomic E-state index is -0.722. The molecule has 1 saturated heterocycles. The molecule has 0 saturated carbocycles. The van der Waals surface area contributed by atoms with E-state index in [1.54, 1.807) is 20.8 Å². The number of ether oxygens (including phenoxy) is 1. The number of hydroxylamine groups is 2. The molecule has 1 aromatic rings. The Morgan fingerprint density at radius 1 is 1.25 bits per heavy atom. The number of nitrogens with one attached hydrogen (secondary N) is 1. The molecular weight excluding hydrogens is 308 g/mol. The Balaban J connectivity index is 2.08. The molecule has 1 aliphatic heterocycles. The van der Waals surface area contributed by atoms with Gasteiger partial charge in [0.25, 0.3) is 5.91 Å². The van der Waals surface area contributed by atoms with Crippen LogP contribution in [0.4, 0.5) is 4.79 Å². The third kappa shape index (κ3) is 5.85. The van der Waals surface area contributed by atoms with Gasteiger partial charge in [-0.3, -0.25) is 9.63 Å². The molecule has 1 fully saturated rings. The van der Waals surface area contributed by atoms with E-state index in [1.165, 1.54) is 5.06 Å². The Morgan fingerprint density at radius 3 is 2.54 bits per heavy atom. The minimum Gasteiger partial charge on any atom is -0.444 e. The highest BCUT2D eigenvalue weighted by Crippen LogP contribution is 2.13. The Labute approximate surface area is 143 Å². The first-order valence-electron chi connectivity index (χ1n) is 8.33. The molecule has 1 aliphatic rings. The highest BCUT2D eigenvalue weighted by molar-refractivity contribution is 5.85. The Morgan fingerprint density at radius 2 is 1.96 bits per heavy atom. The van der Waals surface area contributed by atoms with Crippen LogP contribution in [0.5, 0.6) is 0 Å². The van der Waals surface area contributed by atoms with E-state index >= 15 is 0 Å². The zero-order chi connectivity index (χ0) is 17.6. The lowest BCUT2D eigenvalue weighted by molar-refractivity contribution is -0.199. The molecule has 0 radical (unpaired) electrons. The van der Waals surface area contributed by atoms with Gasteiger partial charge in [-0.25, -0.2) is 9.86 Å². The van der Waals surface area contributed by atoms with Crippen LogP contribution >= 0.6 is 0 Å². The van der Waals surface area contributed by atoms with Gasteiger partial charge in [-0.1, -0.05) is 30.3 Å². The molecule has 0 spiro atoms. The van der Waals surface area contributed by atoms with E-state index in [0.717, 1.165) is 18.4 Å². The quantitative estimate of drug-likeness (QED) is 0.919. The summed E-state index contributed by atoms with van der Waals surface area (Å²) < 4.78 is 5.28. The summed E-state index contributed by atoms with van der Waals surface area (Å²) in [6.45, 7) is 6.42. The maximum absolute atomic E-state index is 12.7. The summed E-state index contributed by atoms with van der Waals surface area (Å²) in [5, 5.41) is 4.04. The van der Waals surface area contributed by atoms with Crippen LogP contribution in [0, 0.1) is 0 Å². The van der Waals surface area contributed by atoms with Crippen LogP contribution in [0.2, 0.25) is 0 Å². The number of hydrogen-bond acceptors (Lipinski definition) is 4. The number of nitrogens with zero attached hydrogens (tertiary/aromatic N) is 1. The molecule has 1 heterocycles. The smallest absolute Gasteiger partial charge is 0.408 e. The lowest BCUT2D eigenvalue weighted by atomic mass is 10.1. The predicted molar refractivity (Wildman–Crippen MR) is 90.2 cm³/mol. The Kier molecular flexibility index (Phi) is 6.20. The fourth-order valence-corrected chi connectivity index (χ4v) is 2.44. The second-order valence-corrected chi connectivity index (χ2v) is 6.87. The lowest BCUT2D eigenvalue weighted by Gasteiger charge is -2.30. The first-order valence-corrected chi connectivity index (χ1v) is 8.33. The monoisotopic (exact) mass is 334 g/mol. The Hall–Kier alpha value is -2.08. The van der Waals surface area contributed by atoms with Gasteiger partial charge in [0.15, 0.2) is 0 Å². The van der Waals surface area contributed by atoms with E-state index in [4.69, 9.17) is 9.57 Å². The molecule has 0 aromatic heterocycles. The second-order valence-electron chi connectivity index (χ2n) is 6.87. The molecule has 6 nitrogen and oxygen atoms in total. The fraction of sp³-hybridized carbons (Fsp3) is 0.556. The average molecular weight is 334 g/mol. The highest BCUT2D eigenvalue weighted by Gasteiger charge is 2.29. The van der Waals surface area contributed by atoms with Crippen molar-refractivity contribution in [3.05, 3.63) is 35.9 Å². The molecule has 0 bridgehead atoms. The lowest BCUT2D eigenvalue weighted by Crippen LogP contribution is -2.51. The van der Waals surface area contributed by atoms with Crippen molar-refractivity contribution in [1.82, 2.24) is 10.4 Å². The normalized spacial score (nSPS) is 16.4. The van der Waals surface area contributed by atoms with Crippen molar-refractivity contribution in [2.24, 2.45) is 0 Å². The van der Waals surface area contributed by atoms with Gasteiger partial charge in [0.2, 0.25) is 0 Å². The molecule has 1 unspecified atom stereocenters. The number of rotatable bonds is 4. The van der Waals surface area contributed by atoms with Gasteiger partial charge in [-0.2, -0.15) is 0 Å². The molecule has 2 rings (SSSR count). The van der Waals surface area contributed by atoms with Crippen LogP contribution in [0.1, 0.15) is 39.2 Å². The van der Waals surface area contributed by atoms with Crippen LogP contribution in [0.25, 0.3) is 0 Å². The summed E-state index contributed by atoms with van der Waals surface area (Å²) in [6, 6.07) is 8.85. The Bertz CT molecular complexity index is 548. The van der Waals surface area contributed by atoms with Crippen molar-refractivity contribution in [3.8, 4) is 0 Å². The maximum atomic E-state index is 12.7. The average Bonchev–Trinajstić information content (AvgIpc) is 2.53. The van der Waals surface area contributed by atoms with Crippen LogP contribution < -0.4 is 5.32 Å². The standard InChI is InChI=1S/C18H26N2O4/c1-18(2,3)24-17(22)19-15(13-14-9-5-4-6-10-14)16(21)20-11-7-8-12-23-20/h4-6,9-10,15H,7-8,11-13H2,1-3H3,(H,19,22). The van der Waals surface area contributed by atoms with E-state index in [-0.39, 0.29) is 5.91 Å². The zero-order valence-corrected chi connectivity index (χ0v) is 14.6. The predicted octanol–water partition coefficient (Wildman–Crippen LogP) is 2.68. The number of alkyl carbamates (subject to hydrolysis) is 1. The van der Waals surface area contributed by atoms with Crippen molar-refractivity contribution in [2.45, 2.75) is 51.7 Å². The van der Waals surface area contributed by atoms with E-state index in [0.29, 0.717) is 19.6 Å². The minimum absolute atomic E-state index is 0.246. The van der Waals surface area contributed by atoms with Crippen molar-refractivity contribution in [1.29, 1.82) is 0 Å². The molecule has 1 atom stereocenters. The summed E-state index contributed by atoms with van der Waals surface area (Å²) in [5.41, 5.74) is 0.343. The van der Waals surface area contributed by atoms with Crippen LogP contribution in [-0.2, 0) is 20.8 Å². The van der Waals surface area contributed by atoms with E-state index in [1.807, 2.05) is 30.3 Å². The zero-order valence-electron chi connectivity index (χ0n) is 14.6. The summed E-state index contributed by atoms with van der Waals surface area (Å²) in [5.74, 6) is -0.246. The van der Waals surface area contributed by atoms with Gasteiger partial charge in [0, 0.05) is 13.0 Å². The van der Waals surface area contributed by atoms with Gasteiger partial charge >= 0.3 is 6.09 Å². The summed E-state index contributed by atoms with van der Waals surface area (Å²) in [4.78, 5) is 30.3. The molecule has 2 amide bonds. The molecule has 6 heteroatoms. The fourth-order valence-electron chi connectivity index (χ4n) is 2.44. The molecule has 0 aliphatic carbocycles. The topological polar surface area (TPSA) is 67.9 Å². The van der Waals surface area contributed by atoms with Gasteiger partial charge in [0.05, 0.1) is 6.61 Å². The van der Waals surface area contributed by atoms with E-state index < -0.39 is 17.7 Å². The number of hydrogen-bond donors (Lipinski definition) is 1. The van der Waals surface area contributed by atoms with Crippen molar-refractivity contribution < 1.29 is 19.2 Å². The first-order chi connectivity index (χ1) is 11.3. The van der Waals surface area contributed by atoms with Crippen LogP contribution in [0.3, 0.4) is 0 Å². The van der Waals surface area contributed by atoms with Crippen LogP contribution in [-0.4, -0.2) is 41.9 Å². The van der Waals surface area contributed by atoms with Crippen molar-refractivity contribution in [3.63, 3.8) is 0 Å². The largest absolute Gasteiger partial charge is 0.444 e. The number of carbonyl (C=O) groups is 2. The third-order valence-electron chi connectivity index (χ3n) is 3.52. The van der Waals surface area contributed by atoms with Crippen molar-refractivity contribution >= 4 is 12.0 Å². The number of carbonyl (C=O) groups excluding carboxylic acids is 2.